The lowest BCUT2D eigenvalue weighted by atomic mass is 10.0. The van der Waals surface area contributed by atoms with Crippen LogP contribution in [0.15, 0.2) is 78.5 Å². The second kappa shape index (κ2) is 9.16. The number of nitrogens with zero attached hydrogens (tertiary/aromatic N) is 1. The van der Waals surface area contributed by atoms with Gasteiger partial charge < -0.3 is 14.8 Å². The summed E-state index contributed by atoms with van der Waals surface area (Å²) in [5, 5.41) is 3.64. The van der Waals surface area contributed by atoms with Gasteiger partial charge in [0.15, 0.2) is 0 Å². The number of anilines is 2. The van der Waals surface area contributed by atoms with Crippen molar-refractivity contribution in [2.75, 3.05) is 23.9 Å². The number of nitrogens with one attached hydrogen (secondary N) is 1. The molecule has 0 saturated heterocycles. The fourth-order valence-electron chi connectivity index (χ4n) is 3.51. The number of rotatable bonds is 7. The van der Waals surface area contributed by atoms with Crippen molar-refractivity contribution in [1.29, 1.82) is 0 Å². The lowest BCUT2D eigenvalue weighted by Crippen LogP contribution is -2.32. The lowest BCUT2D eigenvalue weighted by molar-refractivity contribution is -0.120. The van der Waals surface area contributed by atoms with Gasteiger partial charge in [0.2, 0.25) is 0 Å². The molecule has 2 amide bonds. The number of halogens is 1. The largest absolute Gasteiger partial charge is 0.495 e. The molecule has 162 valence electrons. The second-order valence-electron chi connectivity index (χ2n) is 6.95. The van der Waals surface area contributed by atoms with E-state index in [1.165, 1.54) is 0 Å². The Morgan fingerprint density at radius 1 is 0.906 bits per heavy atom. The van der Waals surface area contributed by atoms with Gasteiger partial charge in [0.1, 0.15) is 17.2 Å². The van der Waals surface area contributed by atoms with Crippen LogP contribution in [0.3, 0.4) is 0 Å². The molecule has 1 N–H and O–H groups in total. The fraction of sp³-hybridized carbons (Fsp3) is 0.120. The first kappa shape index (κ1) is 21.5. The fourth-order valence-corrected chi connectivity index (χ4v) is 3.63. The third-order valence-electron chi connectivity index (χ3n) is 4.99. The Labute approximate surface area is 191 Å². The minimum atomic E-state index is -0.466. The zero-order valence-corrected chi connectivity index (χ0v) is 18.3. The highest BCUT2D eigenvalue weighted by molar-refractivity contribution is 6.46. The van der Waals surface area contributed by atoms with Crippen LogP contribution in [0.25, 0.3) is 5.57 Å². The Morgan fingerprint density at radius 2 is 1.59 bits per heavy atom. The first-order valence-electron chi connectivity index (χ1n) is 10.1. The van der Waals surface area contributed by atoms with Crippen molar-refractivity contribution in [3.05, 3.63) is 89.1 Å². The zero-order valence-electron chi connectivity index (χ0n) is 17.6. The molecule has 1 aliphatic heterocycles. The third-order valence-corrected chi connectivity index (χ3v) is 5.24. The lowest BCUT2D eigenvalue weighted by Gasteiger charge is -2.16. The van der Waals surface area contributed by atoms with E-state index in [0.29, 0.717) is 40.1 Å². The predicted octanol–water partition coefficient (Wildman–Crippen LogP) is 5.14. The molecule has 0 unspecified atom stereocenters. The van der Waals surface area contributed by atoms with E-state index < -0.39 is 11.8 Å². The van der Waals surface area contributed by atoms with Crippen molar-refractivity contribution in [3.63, 3.8) is 0 Å². The summed E-state index contributed by atoms with van der Waals surface area (Å²) in [5.41, 5.74) is 2.04. The van der Waals surface area contributed by atoms with Crippen LogP contribution in [0, 0.1) is 0 Å². The van der Waals surface area contributed by atoms with Crippen molar-refractivity contribution >= 4 is 40.4 Å². The maximum atomic E-state index is 13.5. The van der Waals surface area contributed by atoms with E-state index in [2.05, 4.69) is 5.32 Å². The molecular weight excluding hydrogens is 428 g/mol. The Morgan fingerprint density at radius 3 is 2.25 bits per heavy atom. The average molecular weight is 449 g/mol. The summed E-state index contributed by atoms with van der Waals surface area (Å²) in [6.07, 6.45) is 0. The van der Waals surface area contributed by atoms with Gasteiger partial charge in [0.05, 0.1) is 30.7 Å². The van der Waals surface area contributed by atoms with Crippen LogP contribution in [0.1, 0.15) is 12.5 Å². The summed E-state index contributed by atoms with van der Waals surface area (Å²) < 4.78 is 10.9. The highest BCUT2D eigenvalue weighted by Crippen LogP contribution is 2.36. The first-order chi connectivity index (χ1) is 15.5. The summed E-state index contributed by atoms with van der Waals surface area (Å²) in [7, 11) is 1.55. The molecule has 3 aromatic rings. The number of methoxy groups -OCH3 is 1. The molecule has 0 aromatic heterocycles. The van der Waals surface area contributed by atoms with Crippen molar-refractivity contribution in [2.24, 2.45) is 0 Å². The topological polar surface area (TPSA) is 67.9 Å². The normalized spacial score (nSPS) is 13.5. The molecule has 1 heterocycles. The molecule has 4 rings (SSSR count). The maximum absolute atomic E-state index is 13.5. The quantitative estimate of drug-likeness (QED) is 0.506. The SMILES string of the molecule is CCOc1ccc(C2=C(Nc3ccccc3OC)C(=O)N(c3ccc(Cl)cc3)C2=O)cc1. The van der Waals surface area contributed by atoms with Crippen LogP contribution >= 0.6 is 11.6 Å². The van der Waals surface area contributed by atoms with Gasteiger partial charge >= 0.3 is 0 Å². The minimum absolute atomic E-state index is 0.165. The van der Waals surface area contributed by atoms with Crippen LogP contribution < -0.4 is 19.7 Å². The monoisotopic (exact) mass is 448 g/mol. The molecule has 0 fully saturated rings. The Balaban J connectivity index is 1.80. The molecule has 0 bridgehead atoms. The summed E-state index contributed by atoms with van der Waals surface area (Å²) in [4.78, 5) is 28.1. The van der Waals surface area contributed by atoms with E-state index in [1.54, 1.807) is 67.8 Å². The summed E-state index contributed by atoms with van der Waals surface area (Å²) >= 11 is 5.99. The third kappa shape index (κ3) is 4.05. The Hall–Kier alpha value is -3.77. The molecule has 0 radical (unpaired) electrons. The maximum Gasteiger partial charge on any atom is 0.282 e. The molecule has 32 heavy (non-hydrogen) atoms. The van der Waals surface area contributed by atoms with Gasteiger partial charge in [-0.05, 0) is 61.0 Å². The van der Waals surface area contributed by atoms with Crippen molar-refractivity contribution < 1.29 is 19.1 Å². The number of imide groups is 1. The summed E-state index contributed by atoms with van der Waals surface area (Å²) in [6, 6.07) is 20.8. The molecule has 6 nitrogen and oxygen atoms in total. The van der Waals surface area contributed by atoms with Crippen LogP contribution in [-0.2, 0) is 9.59 Å². The molecule has 3 aromatic carbocycles. The second-order valence-corrected chi connectivity index (χ2v) is 7.39. The standard InChI is InChI=1S/C25H21ClN2O4/c1-3-32-19-14-8-16(9-15-19)22-23(27-20-6-4-5-7-21(20)31-2)25(30)28(24(22)29)18-12-10-17(26)11-13-18/h4-15,27H,3H2,1-2H3. The average Bonchev–Trinajstić information content (AvgIpc) is 3.05. The molecule has 0 spiro atoms. The number of amides is 2. The van der Waals surface area contributed by atoms with E-state index >= 15 is 0 Å². The van der Waals surface area contributed by atoms with Crippen LogP contribution in [0.2, 0.25) is 5.02 Å². The van der Waals surface area contributed by atoms with Crippen LogP contribution in [0.4, 0.5) is 11.4 Å². The highest BCUT2D eigenvalue weighted by atomic mass is 35.5. The molecular formula is C25H21ClN2O4. The number of carbonyl (C=O) groups is 2. The number of hydrogen-bond donors (Lipinski definition) is 1. The number of benzene rings is 3. The highest BCUT2D eigenvalue weighted by Gasteiger charge is 2.40. The van der Waals surface area contributed by atoms with Gasteiger partial charge in [-0.25, -0.2) is 4.90 Å². The predicted molar refractivity (Wildman–Crippen MR) is 125 cm³/mol. The van der Waals surface area contributed by atoms with Crippen molar-refractivity contribution in [1.82, 2.24) is 0 Å². The molecule has 7 heteroatoms. The molecule has 1 aliphatic rings. The number of carbonyl (C=O) groups excluding carboxylic acids is 2. The van der Waals surface area contributed by atoms with Gasteiger partial charge in [-0.15, -0.1) is 0 Å². The molecule has 0 saturated carbocycles. The minimum Gasteiger partial charge on any atom is -0.495 e. The van der Waals surface area contributed by atoms with Gasteiger partial charge in [0.25, 0.3) is 11.8 Å². The van der Waals surface area contributed by atoms with Crippen molar-refractivity contribution in [2.45, 2.75) is 6.92 Å². The Kier molecular flexibility index (Phi) is 6.14. The number of hydrogen-bond acceptors (Lipinski definition) is 5. The van der Waals surface area contributed by atoms with Crippen molar-refractivity contribution in [3.8, 4) is 11.5 Å². The Bertz CT molecular complexity index is 1190. The molecule has 0 aliphatic carbocycles. The summed E-state index contributed by atoms with van der Waals surface area (Å²) in [5.74, 6) is 0.338. The van der Waals surface area contributed by atoms with E-state index in [0.717, 1.165) is 4.90 Å². The van der Waals surface area contributed by atoms with E-state index in [4.69, 9.17) is 21.1 Å². The van der Waals surface area contributed by atoms with E-state index in [1.807, 2.05) is 19.1 Å². The zero-order chi connectivity index (χ0) is 22.7. The van der Waals surface area contributed by atoms with Gasteiger partial charge in [-0.3, -0.25) is 9.59 Å². The van der Waals surface area contributed by atoms with E-state index in [9.17, 15) is 9.59 Å². The van der Waals surface area contributed by atoms with Gasteiger partial charge in [-0.1, -0.05) is 35.9 Å². The van der Waals surface area contributed by atoms with E-state index in [-0.39, 0.29) is 11.3 Å². The van der Waals surface area contributed by atoms with Gasteiger partial charge in [-0.2, -0.15) is 0 Å². The summed E-state index contributed by atoms with van der Waals surface area (Å²) in [6.45, 7) is 2.43. The number of para-hydroxylation sites is 2. The smallest absolute Gasteiger partial charge is 0.282 e. The first-order valence-corrected chi connectivity index (χ1v) is 10.4. The number of ether oxygens (including phenoxy) is 2. The molecule has 0 atom stereocenters. The van der Waals surface area contributed by atoms with Gasteiger partial charge in [0, 0.05) is 5.02 Å². The van der Waals surface area contributed by atoms with Crippen LogP contribution in [0.5, 0.6) is 11.5 Å². The van der Waals surface area contributed by atoms with Crippen LogP contribution in [-0.4, -0.2) is 25.5 Å².